The van der Waals surface area contributed by atoms with Gasteiger partial charge in [0.25, 0.3) is 0 Å². The molecule has 1 aliphatic heterocycles. The summed E-state index contributed by atoms with van der Waals surface area (Å²) in [4.78, 5) is 13.8. The van der Waals surface area contributed by atoms with Gasteiger partial charge in [0.15, 0.2) is 0 Å². The van der Waals surface area contributed by atoms with Crippen molar-refractivity contribution in [2.24, 2.45) is 0 Å². The number of carbonyl (C=O) groups is 1. The number of rotatable bonds is 6. The topological polar surface area (TPSA) is 62.8 Å². The van der Waals surface area contributed by atoms with Crippen molar-refractivity contribution in [3.8, 4) is 5.75 Å². The van der Waals surface area contributed by atoms with Gasteiger partial charge in [0, 0.05) is 23.8 Å². The van der Waals surface area contributed by atoms with E-state index in [1.807, 2.05) is 4.90 Å². The van der Waals surface area contributed by atoms with E-state index in [1.54, 1.807) is 36.4 Å². The molecule has 1 saturated heterocycles. The number of anilines is 2. The Morgan fingerprint density at radius 1 is 1.19 bits per heavy atom. The molecule has 1 heterocycles. The second-order valence-corrected chi connectivity index (χ2v) is 6.39. The molecule has 8 heteroatoms. The van der Waals surface area contributed by atoms with Crippen molar-refractivity contribution in [3.05, 3.63) is 53.3 Å². The zero-order chi connectivity index (χ0) is 19.1. The minimum Gasteiger partial charge on any atom is -0.492 e. The zero-order valence-electron chi connectivity index (χ0n) is 14.7. The zero-order valence-corrected chi connectivity index (χ0v) is 15.5. The Morgan fingerprint density at radius 3 is 2.63 bits per heavy atom. The summed E-state index contributed by atoms with van der Waals surface area (Å²) in [6, 6.07) is 11.2. The molecule has 0 aliphatic carbocycles. The molecule has 6 nitrogen and oxygen atoms in total. The van der Waals surface area contributed by atoms with Gasteiger partial charge in [0.2, 0.25) is 0 Å². The average Bonchev–Trinajstić information content (AvgIpc) is 2.67. The number of halogens is 2. The molecule has 0 saturated carbocycles. The van der Waals surface area contributed by atoms with Crippen molar-refractivity contribution < 1.29 is 18.7 Å². The first kappa shape index (κ1) is 19.3. The molecular weight excluding hydrogens is 373 g/mol. The minimum atomic E-state index is -0.423. The summed E-state index contributed by atoms with van der Waals surface area (Å²) in [5, 5.41) is 5.90. The van der Waals surface area contributed by atoms with E-state index < -0.39 is 6.03 Å². The summed E-state index contributed by atoms with van der Waals surface area (Å²) >= 11 is 5.80. The molecule has 27 heavy (non-hydrogen) atoms. The van der Waals surface area contributed by atoms with Gasteiger partial charge in [0.1, 0.15) is 18.2 Å². The number of amides is 2. The van der Waals surface area contributed by atoms with Crippen LogP contribution in [-0.4, -0.2) is 45.5 Å². The third-order valence-corrected chi connectivity index (χ3v) is 4.28. The van der Waals surface area contributed by atoms with Gasteiger partial charge < -0.3 is 25.0 Å². The molecule has 1 fully saturated rings. The van der Waals surface area contributed by atoms with E-state index in [-0.39, 0.29) is 5.82 Å². The van der Waals surface area contributed by atoms with E-state index in [0.717, 1.165) is 0 Å². The lowest BCUT2D eigenvalue weighted by molar-refractivity contribution is 0.122. The second kappa shape index (κ2) is 9.43. The molecule has 2 amide bonds. The highest BCUT2D eigenvalue weighted by Crippen LogP contribution is 2.23. The summed E-state index contributed by atoms with van der Waals surface area (Å²) in [6.07, 6.45) is 0. The minimum absolute atomic E-state index is 0.305. The lowest BCUT2D eigenvalue weighted by atomic mass is 10.2. The molecule has 0 spiro atoms. The van der Waals surface area contributed by atoms with Crippen molar-refractivity contribution in [2.75, 3.05) is 49.7 Å². The molecule has 2 N–H and O–H groups in total. The van der Waals surface area contributed by atoms with Gasteiger partial charge in [-0.1, -0.05) is 11.6 Å². The molecule has 144 valence electrons. The smallest absolute Gasteiger partial charge is 0.319 e. The van der Waals surface area contributed by atoms with Crippen LogP contribution in [0.1, 0.15) is 0 Å². The molecule has 3 rings (SSSR count). The number of hydrogen-bond acceptors (Lipinski definition) is 4. The van der Waals surface area contributed by atoms with Crippen molar-refractivity contribution in [3.63, 3.8) is 0 Å². The maximum absolute atomic E-state index is 14.3. The summed E-state index contributed by atoms with van der Waals surface area (Å²) in [7, 11) is 0. The molecular formula is C19H21ClFN3O3. The molecule has 2 aromatic carbocycles. The first-order valence-corrected chi connectivity index (χ1v) is 9.05. The maximum Gasteiger partial charge on any atom is 0.319 e. The fraction of sp³-hybridized carbons (Fsp3) is 0.316. The van der Waals surface area contributed by atoms with Crippen molar-refractivity contribution >= 4 is 29.0 Å². The Bertz CT molecular complexity index is 767. The van der Waals surface area contributed by atoms with E-state index in [0.29, 0.717) is 61.6 Å². The van der Waals surface area contributed by atoms with Crippen LogP contribution in [-0.2, 0) is 4.74 Å². The highest BCUT2D eigenvalue weighted by molar-refractivity contribution is 6.30. The van der Waals surface area contributed by atoms with Gasteiger partial charge >= 0.3 is 6.03 Å². The highest BCUT2D eigenvalue weighted by Gasteiger charge is 2.15. The molecule has 0 atom stereocenters. The standard InChI is InChI=1S/C19H21ClFN3O3/c20-14-1-4-16(5-2-14)27-10-7-22-19(25)23-15-3-6-18(17(21)13-15)24-8-11-26-12-9-24/h1-6,13H,7-12H2,(H2,22,23,25). The summed E-state index contributed by atoms with van der Waals surface area (Å²) in [5.41, 5.74) is 0.904. The van der Waals surface area contributed by atoms with Crippen LogP contribution in [0.25, 0.3) is 0 Å². The lowest BCUT2D eigenvalue weighted by Crippen LogP contribution is -2.36. The van der Waals surface area contributed by atoms with Crippen molar-refractivity contribution in [1.29, 1.82) is 0 Å². The van der Waals surface area contributed by atoms with E-state index >= 15 is 0 Å². The quantitative estimate of drug-likeness (QED) is 0.737. The van der Waals surface area contributed by atoms with Crippen LogP contribution in [0.3, 0.4) is 0 Å². The van der Waals surface area contributed by atoms with Crippen LogP contribution in [0.5, 0.6) is 5.75 Å². The Hall–Kier alpha value is -2.51. The average molecular weight is 394 g/mol. The number of carbonyl (C=O) groups excluding carboxylic acids is 1. The predicted molar refractivity (Wildman–Crippen MR) is 103 cm³/mol. The number of benzene rings is 2. The lowest BCUT2D eigenvalue weighted by Gasteiger charge is -2.29. The van der Waals surface area contributed by atoms with Gasteiger partial charge in [-0.15, -0.1) is 0 Å². The summed E-state index contributed by atoms with van der Waals surface area (Å²) in [6.45, 7) is 3.08. The van der Waals surface area contributed by atoms with E-state index in [1.165, 1.54) is 6.07 Å². The largest absolute Gasteiger partial charge is 0.492 e. The van der Waals surface area contributed by atoms with Gasteiger partial charge in [-0.05, 0) is 42.5 Å². The van der Waals surface area contributed by atoms with E-state index in [2.05, 4.69) is 10.6 Å². The third kappa shape index (κ3) is 5.74. The Kier molecular flexibility index (Phi) is 6.73. The van der Waals surface area contributed by atoms with E-state index in [4.69, 9.17) is 21.1 Å². The normalized spacial score (nSPS) is 13.9. The fourth-order valence-electron chi connectivity index (χ4n) is 2.68. The maximum atomic E-state index is 14.3. The van der Waals surface area contributed by atoms with Crippen LogP contribution in [0, 0.1) is 5.82 Å². The molecule has 1 aliphatic rings. The Morgan fingerprint density at radius 2 is 1.93 bits per heavy atom. The van der Waals surface area contributed by atoms with Crippen molar-refractivity contribution in [1.82, 2.24) is 5.32 Å². The number of urea groups is 1. The highest BCUT2D eigenvalue weighted by atomic mass is 35.5. The van der Waals surface area contributed by atoms with Gasteiger partial charge in [-0.25, -0.2) is 9.18 Å². The van der Waals surface area contributed by atoms with Crippen LogP contribution < -0.4 is 20.3 Å². The first-order valence-electron chi connectivity index (χ1n) is 8.67. The first-order chi connectivity index (χ1) is 13.1. The number of ether oxygens (including phenoxy) is 2. The molecule has 0 radical (unpaired) electrons. The van der Waals surface area contributed by atoms with E-state index in [9.17, 15) is 9.18 Å². The molecule has 0 aromatic heterocycles. The van der Waals surface area contributed by atoms with Crippen LogP contribution in [0.4, 0.5) is 20.6 Å². The molecule has 0 bridgehead atoms. The Balaban J connectivity index is 1.43. The van der Waals surface area contributed by atoms with Crippen LogP contribution in [0.15, 0.2) is 42.5 Å². The monoisotopic (exact) mass is 393 g/mol. The molecule has 0 unspecified atom stereocenters. The molecule has 2 aromatic rings. The number of nitrogens with zero attached hydrogens (tertiary/aromatic N) is 1. The second-order valence-electron chi connectivity index (χ2n) is 5.95. The van der Waals surface area contributed by atoms with Gasteiger partial charge in [-0.3, -0.25) is 0 Å². The Labute approximate surface area is 162 Å². The SMILES string of the molecule is O=C(NCCOc1ccc(Cl)cc1)Nc1ccc(N2CCOCC2)c(F)c1. The fourth-order valence-corrected chi connectivity index (χ4v) is 2.81. The van der Waals surface area contributed by atoms with Crippen LogP contribution >= 0.6 is 11.6 Å². The summed E-state index contributed by atoms with van der Waals surface area (Å²) in [5.74, 6) is 0.295. The van der Waals surface area contributed by atoms with Gasteiger partial charge in [-0.2, -0.15) is 0 Å². The van der Waals surface area contributed by atoms with Gasteiger partial charge in [0.05, 0.1) is 25.4 Å². The number of morpholine rings is 1. The summed E-state index contributed by atoms with van der Waals surface area (Å²) < 4.78 is 25.1. The van der Waals surface area contributed by atoms with Crippen LogP contribution in [0.2, 0.25) is 5.02 Å². The number of hydrogen-bond donors (Lipinski definition) is 2. The van der Waals surface area contributed by atoms with Crippen molar-refractivity contribution in [2.45, 2.75) is 0 Å². The third-order valence-electron chi connectivity index (χ3n) is 4.03. The number of nitrogens with one attached hydrogen (secondary N) is 2. The predicted octanol–water partition coefficient (Wildman–Crippen LogP) is 3.52.